The van der Waals surface area contributed by atoms with E-state index in [-0.39, 0.29) is 5.78 Å². The highest BCUT2D eigenvalue weighted by molar-refractivity contribution is 6.06. The van der Waals surface area contributed by atoms with Gasteiger partial charge in [0.05, 0.1) is 19.2 Å². The lowest BCUT2D eigenvalue weighted by Gasteiger charge is -2.36. The zero-order valence-corrected chi connectivity index (χ0v) is 18.5. The Morgan fingerprint density at radius 2 is 1.97 bits per heavy atom. The number of aromatic nitrogens is 1. The van der Waals surface area contributed by atoms with Crippen molar-refractivity contribution in [2.75, 3.05) is 12.0 Å². The van der Waals surface area contributed by atoms with E-state index in [1.165, 1.54) is 7.11 Å². The number of carbonyl (C=O) groups excluding carboxylic acids is 2. The Morgan fingerprint density at radius 3 is 2.68 bits per heavy atom. The standard InChI is InChI=1S/C27H22N4O3/c1-34-20-9-4-7-18(14-20)25(32)24-23(19-8-5-13-30-15-19)27(16-28,26(29)33)22-12-11-17-6-2-3-10-21(17)31(22)24/h2-15,22-24H,1H3,(H2,29,33)/t22-,23+,24+,27-/m1/s1. The molecule has 0 unspecified atom stereocenters. The summed E-state index contributed by atoms with van der Waals surface area (Å²) >= 11 is 0. The van der Waals surface area contributed by atoms with Gasteiger partial charge in [-0.3, -0.25) is 14.6 Å². The number of nitrogens with two attached hydrogens (primary N) is 1. The van der Waals surface area contributed by atoms with Gasteiger partial charge in [0.25, 0.3) is 0 Å². The number of primary amides is 1. The average Bonchev–Trinajstić information content (AvgIpc) is 3.20. The molecule has 2 aliphatic rings. The quantitative estimate of drug-likeness (QED) is 0.597. The predicted molar refractivity (Wildman–Crippen MR) is 127 cm³/mol. The van der Waals surface area contributed by atoms with Gasteiger partial charge in [0.2, 0.25) is 5.91 Å². The number of rotatable bonds is 5. The van der Waals surface area contributed by atoms with Crippen molar-refractivity contribution in [3.63, 3.8) is 0 Å². The maximum atomic E-state index is 14.2. The van der Waals surface area contributed by atoms with E-state index in [9.17, 15) is 14.9 Å². The number of benzene rings is 2. The van der Waals surface area contributed by atoms with E-state index < -0.39 is 29.3 Å². The van der Waals surface area contributed by atoms with Crippen LogP contribution in [0.2, 0.25) is 0 Å². The number of para-hydroxylation sites is 1. The number of amides is 1. The first-order valence-electron chi connectivity index (χ1n) is 10.9. The van der Waals surface area contributed by atoms with Crippen LogP contribution in [0.3, 0.4) is 0 Å². The van der Waals surface area contributed by atoms with Crippen LogP contribution in [0, 0.1) is 16.7 Å². The molecule has 168 valence electrons. The number of fused-ring (bicyclic) bond motifs is 3. The van der Waals surface area contributed by atoms with Crippen molar-refractivity contribution in [3.05, 3.63) is 95.8 Å². The van der Waals surface area contributed by atoms with Crippen molar-refractivity contribution in [2.45, 2.75) is 18.0 Å². The van der Waals surface area contributed by atoms with Gasteiger partial charge in [-0.15, -0.1) is 0 Å². The molecule has 1 amide bonds. The highest BCUT2D eigenvalue weighted by atomic mass is 16.5. The molecule has 3 heterocycles. The Hall–Kier alpha value is -4.44. The number of carbonyl (C=O) groups is 2. The summed E-state index contributed by atoms with van der Waals surface area (Å²) in [5.74, 6) is -1.31. The average molecular weight is 450 g/mol. The molecule has 7 heteroatoms. The number of hydrogen-bond donors (Lipinski definition) is 1. The zero-order chi connectivity index (χ0) is 23.9. The fourth-order valence-corrected chi connectivity index (χ4v) is 5.31. The molecule has 7 nitrogen and oxygen atoms in total. The summed E-state index contributed by atoms with van der Waals surface area (Å²) in [6, 6.07) is 18.6. The van der Waals surface area contributed by atoms with E-state index in [1.807, 2.05) is 35.2 Å². The lowest BCUT2D eigenvalue weighted by Crippen LogP contribution is -2.49. The number of ketones is 1. The molecule has 5 rings (SSSR count). The van der Waals surface area contributed by atoms with Gasteiger partial charge in [0, 0.05) is 29.6 Å². The largest absolute Gasteiger partial charge is 0.497 e. The molecule has 2 aliphatic heterocycles. The Bertz CT molecular complexity index is 1350. The molecule has 1 aromatic heterocycles. The molecule has 2 aromatic carbocycles. The Balaban J connectivity index is 1.80. The topological polar surface area (TPSA) is 109 Å². The maximum Gasteiger partial charge on any atom is 0.241 e. The molecular weight excluding hydrogens is 428 g/mol. The minimum atomic E-state index is -1.69. The second-order valence-corrected chi connectivity index (χ2v) is 8.42. The smallest absolute Gasteiger partial charge is 0.241 e. The number of methoxy groups -OCH3 is 1. The summed E-state index contributed by atoms with van der Waals surface area (Å²) in [5.41, 5.74) is 6.96. The van der Waals surface area contributed by atoms with E-state index >= 15 is 0 Å². The Labute approximate surface area is 197 Å². The van der Waals surface area contributed by atoms with E-state index in [4.69, 9.17) is 10.5 Å². The fraction of sp³-hybridized carbons (Fsp3) is 0.185. The lowest BCUT2D eigenvalue weighted by molar-refractivity contribution is -0.125. The molecule has 34 heavy (non-hydrogen) atoms. The molecule has 4 atom stereocenters. The number of Topliss-reactive ketones (excluding diaryl/α,β-unsaturated/α-hetero) is 1. The van der Waals surface area contributed by atoms with E-state index in [1.54, 1.807) is 54.9 Å². The normalized spacial score (nSPS) is 24.6. The van der Waals surface area contributed by atoms with E-state index in [2.05, 4.69) is 11.1 Å². The summed E-state index contributed by atoms with van der Waals surface area (Å²) in [4.78, 5) is 33.4. The van der Waals surface area contributed by atoms with Gasteiger partial charge in [0.1, 0.15) is 11.8 Å². The number of anilines is 1. The van der Waals surface area contributed by atoms with Gasteiger partial charge in [-0.2, -0.15) is 5.26 Å². The third kappa shape index (κ3) is 3.00. The van der Waals surface area contributed by atoms with Crippen molar-refractivity contribution in [1.82, 2.24) is 4.98 Å². The highest BCUT2D eigenvalue weighted by Crippen LogP contribution is 2.55. The Kier molecular flexibility index (Phi) is 5.14. The minimum absolute atomic E-state index is 0.235. The van der Waals surface area contributed by atoms with Crippen LogP contribution in [0.5, 0.6) is 5.75 Å². The van der Waals surface area contributed by atoms with Crippen LogP contribution in [0.15, 0.2) is 79.1 Å². The summed E-state index contributed by atoms with van der Waals surface area (Å²) < 4.78 is 5.33. The summed E-state index contributed by atoms with van der Waals surface area (Å²) in [6.45, 7) is 0. The zero-order valence-electron chi connectivity index (χ0n) is 18.5. The van der Waals surface area contributed by atoms with Crippen LogP contribution in [0.1, 0.15) is 27.4 Å². The van der Waals surface area contributed by atoms with Crippen molar-refractivity contribution in [2.24, 2.45) is 11.1 Å². The van der Waals surface area contributed by atoms with Gasteiger partial charge >= 0.3 is 0 Å². The first-order valence-corrected chi connectivity index (χ1v) is 10.9. The summed E-state index contributed by atoms with van der Waals surface area (Å²) in [5, 5.41) is 10.5. The van der Waals surface area contributed by atoms with Crippen LogP contribution < -0.4 is 15.4 Å². The first-order chi connectivity index (χ1) is 16.5. The van der Waals surface area contributed by atoms with Gasteiger partial charge in [0.15, 0.2) is 11.2 Å². The molecule has 3 aromatic rings. The SMILES string of the molecule is COc1cccc(C(=O)[C@@H]2[C@H](c3cccnc3)[C@](C#N)(C(N)=O)[C@H]3C=Cc4ccccc4N23)c1. The molecule has 1 fully saturated rings. The van der Waals surface area contributed by atoms with Crippen LogP contribution in [-0.4, -0.2) is 35.9 Å². The maximum absolute atomic E-state index is 14.2. The van der Waals surface area contributed by atoms with Gasteiger partial charge in [-0.05, 0) is 35.4 Å². The van der Waals surface area contributed by atoms with E-state index in [0.717, 1.165) is 11.3 Å². The third-order valence-electron chi connectivity index (χ3n) is 6.80. The first kappa shape index (κ1) is 21.4. The third-order valence-corrected chi connectivity index (χ3v) is 6.80. The second-order valence-electron chi connectivity index (χ2n) is 8.42. The minimum Gasteiger partial charge on any atom is -0.497 e. The molecule has 2 N–H and O–H groups in total. The fourth-order valence-electron chi connectivity index (χ4n) is 5.31. The van der Waals surface area contributed by atoms with E-state index in [0.29, 0.717) is 16.9 Å². The van der Waals surface area contributed by atoms with Crippen LogP contribution in [-0.2, 0) is 4.79 Å². The summed E-state index contributed by atoms with van der Waals surface area (Å²) in [6.07, 6.45) is 6.89. The molecular formula is C27H22N4O3. The van der Waals surface area contributed by atoms with Gasteiger partial charge in [-0.1, -0.05) is 48.6 Å². The molecule has 0 aliphatic carbocycles. The van der Waals surface area contributed by atoms with Crippen molar-refractivity contribution >= 4 is 23.5 Å². The molecule has 1 saturated heterocycles. The predicted octanol–water partition coefficient (Wildman–Crippen LogP) is 3.34. The van der Waals surface area contributed by atoms with Gasteiger partial charge in [-0.25, -0.2) is 0 Å². The number of ether oxygens (including phenoxy) is 1. The van der Waals surface area contributed by atoms with Crippen molar-refractivity contribution in [3.8, 4) is 11.8 Å². The van der Waals surface area contributed by atoms with Crippen molar-refractivity contribution < 1.29 is 14.3 Å². The highest BCUT2D eigenvalue weighted by Gasteiger charge is 2.65. The number of nitriles is 1. The number of pyridine rings is 1. The monoisotopic (exact) mass is 450 g/mol. The van der Waals surface area contributed by atoms with Crippen molar-refractivity contribution in [1.29, 1.82) is 5.26 Å². The Morgan fingerprint density at radius 1 is 1.15 bits per heavy atom. The van der Waals surface area contributed by atoms with Gasteiger partial charge < -0.3 is 15.4 Å². The summed E-state index contributed by atoms with van der Waals surface area (Å²) in [7, 11) is 1.53. The molecule has 0 radical (unpaired) electrons. The lowest BCUT2D eigenvalue weighted by atomic mass is 9.68. The second kappa shape index (κ2) is 8.16. The van der Waals surface area contributed by atoms with Crippen LogP contribution >= 0.6 is 0 Å². The molecule has 0 saturated carbocycles. The molecule has 0 bridgehead atoms. The number of nitrogens with zero attached hydrogens (tertiary/aromatic N) is 3. The molecule has 0 spiro atoms. The number of hydrogen-bond acceptors (Lipinski definition) is 6. The van der Waals surface area contributed by atoms with Crippen LogP contribution in [0.4, 0.5) is 5.69 Å². The van der Waals surface area contributed by atoms with Crippen LogP contribution in [0.25, 0.3) is 6.08 Å².